The molecule has 1 aliphatic carbocycles. The summed E-state index contributed by atoms with van der Waals surface area (Å²) in [6.07, 6.45) is 4.65. The first-order valence-electron chi connectivity index (χ1n) is 4.43. The minimum atomic E-state index is -0.884. The molecule has 0 spiro atoms. The van der Waals surface area contributed by atoms with Gasteiger partial charge in [0.2, 0.25) is 0 Å². The van der Waals surface area contributed by atoms with E-state index >= 15 is 0 Å². The Bertz CT molecular complexity index is 346. The maximum Gasteiger partial charge on any atom is 0.145 e. The summed E-state index contributed by atoms with van der Waals surface area (Å²) in [5.41, 5.74) is 1.16. The lowest BCUT2D eigenvalue weighted by Gasteiger charge is -2.31. The van der Waals surface area contributed by atoms with Crippen LogP contribution in [0, 0.1) is 0 Å². The predicted octanol–water partition coefficient (Wildman–Crippen LogP) is 1.47. The SMILES string of the molecule is CNC1(O)CC=Cc2ccccc21. The van der Waals surface area contributed by atoms with Crippen molar-refractivity contribution < 1.29 is 5.11 Å². The van der Waals surface area contributed by atoms with Gasteiger partial charge in [-0.15, -0.1) is 0 Å². The van der Waals surface area contributed by atoms with E-state index in [1.54, 1.807) is 7.05 Å². The maximum absolute atomic E-state index is 10.2. The lowest BCUT2D eigenvalue weighted by Crippen LogP contribution is -2.40. The molecule has 2 N–H and O–H groups in total. The minimum Gasteiger partial charge on any atom is -0.371 e. The van der Waals surface area contributed by atoms with Gasteiger partial charge >= 0.3 is 0 Å². The summed E-state index contributed by atoms with van der Waals surface area (Å²) >= 11 is 0. The molecule has 1 atom stereocenters. The van der Waals surface area contributed by atoms with Crippen LogP contribution in [0.1, 0.15) is 17.5 Å². The van der Waals surface area contributed by atoms with E-state index in [0.29, 0.717) is 6.42 Å². The van der Waals surface area contributed by atoms with Gasteiger partial charge in [-0.05, 0) is 12.6 Å². The Hall–Kier alpha value is -1.12. The maximum atomic E-state index is 10.2. The molecule has 0 bridgehead atoms. The van der Waals surface area contributed by atoms with Gasteiger partial charge in [0, 0.05) is 12.0 Å². The average molecular weight is 175 g/mol. The van der Waals surface area contributed by atoms with E-state index in [9.17, 15) is 5.11 Å². The standard InChI is InChI=1S/C11H13NO/c1-12-11(13)8-4-6-9-5-2-3-7-10(9)11/h2-7,12-13H,8H2,1H3. The topological polar surface area (TPSA) is 32.3 Å². The summed E-state index contributed by atoms with van der Waals surface area (Å²) in [7, 11) is 1.77. The van der Waals surface area contributed by atoms with Crippen molar-refractivity contribution in [3.05, 3.63) is 41.5 Å². The van der Waals surface area contributed by atoms with Crippen LogP contribution >= 0.6 is 0 Å². The zero-order valence-electron chi connectivity index (χ0n) is 7.62. The van der Waals surface area contributed by atoms with Crippen LogP contribution in [-0.2, 0) is 5.72 Å². The fourth-order valence-corrected chi connectivity index (χ4v) is 1.72. The van der Waals surface area contributed by atoms with Gasteiger partial charge in [-0.3, -0.25) is 5.32 Å². The highest BCUT2D eigenvalue weighted by molar-refractivity contribution is 5.58. The zero-order chi connectivity index (χ0) is 9.31. The van der Waals surface area contributed by atoms with Crippen molar-refractivity contribution in [2.45, 2.75) is 12.1 Å². The fraction of sp³-hybridized carbons (Fsp3) is 0.273. The highest BCUT2D eigenvalue weighted by Gasteiger charge is 2.29. The molecule has 2 nitrogen and oxygen atoms in total. The van der Waals surface area contributed by atoms with Crippen LogP contribution in [0.3, 0.4) is 0 Å². The summed E-state index contributed by atoms with van der Waals surface area (Å²) in [4.78, 5) is 0. The molecule has 13 heavy (non-hydrogen) atoms. The number of benzene rings is 1. The minimum absolute atomic E-state index is 0.626. The second kappa shape index (κ2) is 2.98. The highest BCUT2D eigenvalue weighted by atomic mass is 16.3. The van der Waals surface area contributed by atoms with Gasteiger partial charge in [0.05, 0.1) is 0 Å². The number of rotatable bonds is 1. The Kier molecular flexibility index (Phi) is 1.94. The number of fused-ring (bicyclic) bond motifs is 1. The second-order valence-corrected chi connectivity index (χ2v) is 3.30. The molecule has 0 saturated heterocycles. The number of hydrogen-bond donors (Lipinski definition) is 2. The van der Waals surface area contributed by atoms with Crippen molar-refractivity contribution in [1.29, 1.82) is 0 Å². The molecule has 1 aliphatic rings. The van der Waals surface area contributed by atoms with E-state index in [4.69, 9.17) is 0 Å². The number of aliphatic hydroxyl groups is 1. The molecule has 1 aromatic rings. The van der Waals surface area contributed by atoms with Gasteiger partial charge in [0.25, 0.3) is 0 Å². The second-order valence-electron chi connectivity index (χ2n) is 3.30. The van der Waals surface area contributed by atoms with Crippen LogP contribution in [0.4, 0.5) is 0 Å². The Morgan fingerprint density at radius 1 is 1.38 bits per heavy atom. The van der Waals surface area contributed by atoms with Gasteiger partial charge in [0.1, 0.15) is 5.72 Å². The Morgan fingerprint density at radius 2 is 2.15 bits per heavy atom. The zero-order valence-corrected chi connectivity index (χ0v) is 7.62. The summed E-state index contributed by atoms with van der Waals surface area (Å²) in [5.74, 6) is 0. The van der Waals surface area contributed by atoms with Crippen molar-refractivity contribution in [2.75, 3.05) is 7.05 Å². The van der Waals surface area contributed by atoms with Crippen molar-refractivity contribution >= 4 is 6.08 Å². The Labute approximate surface area is 77.9 Å². The first kappa shape index (κ1) is 8.48. The van der Waals surface area contributed by atoms with E-state index < -0.39 is 5.72 Å². The van der Waals surface area contributed by atoms with Crippen molar-refractivity contribution in [3.63, 3.8) is 0 Å². The molecule has 1 aromatic carbocycles. The predicted molar refractivity (Wildman–Crippen MR) is 53.0 cm³/mol. The van der Waals surface area contributed by atoms with Crippen molar-refractivity contribution in [1.82, 2.24) is 5.32 Å². The third-order valence-electron chi connectivity index (χ3n) is 2.53. The third-order valence-corrected chi connectivity index (χ3v) is 2.53. The molecule has 0 radical (unpaired) electrons. The van der Waals surface area contributed by atoms with Gasteiger partial charge < -0.3 is 5.11 Å². The first-order chi connectivity index (χ1) is 6.26. The molecular weight excluding hydrogens is 162 g/mol. The number of nitrogens with one attached hydrogen (secondary N) is 1. The Balaban J connectivity index is 2.55. The molecule has 1 unspecified atom stereocenters. The van der Waals surface area contributed by atoms with Crippen LogP contribution in [0.25, 0.3) is 6.08 Å². The lowest BCUT2D eigenvalue weighted by molar-refractivity contribution is 0.00984. The largest absolute Gasteiger partial charge is 0.371 e. The van der Waals surface area contributed by atoms with Crippen LogP contribution in [0.2, 0.25) is 0 Å². The molecule has 2 heteroatoms. The summed E-state index contributed by atoms with van der Waals surface area (Å²) in [6, 6.07) is 7.88. The van der Waals surface area contributed by atoms with E-state index in [1.165, 1.54) is 0 Å². The molecule has 0 saturated carbocycles. The average Bonchev–Trinajstić information content (AvgIpc) is 2.19. The normalized spacial score (nSPS) is 25.7. The monoisotopic (exact) mass is 175 g/mol. The third kappa shape index (κ3) is 1.28. The van der Waals surface area contributed by atoms with E-state index in [0.717, 1.165) is 11.1 Å². The van der Waals surface area contributed by atoms with Gasteiger partial charge in [-0.25, -0.2) is 0 Å². The van der Waals surface area contributed by atoms with Gasteiger partial charge in [-0.2, -0.15) is 0 Å². The fourth-order valence-electron chi connectivity index (χ4n) is 1.72. The van der Waals surface area contributed by atoms with Gasteiger partial charge in [0.15, 0.2) is 0 Å². The smallest absolute Gasteiger partial charge is 0.145 e. The molecule has 68 valence electrons. The molecule has 0 fully saturated rings. The molecular formula is C11H13NO. The molecule has 0 aliphatic heterocycles. The summed E-state index contributed by atoms with van der Waals surface area (Å²) in [5, 5.41) is 13.1. The quantitative estimate of drug-likeness (QED) is 0.633. The van der Waals surface area contributed by atoms with Crippen LogP contribution in [0.15, 0.2) is 30.3 Å². The van der Waals surface area contributed by atoms with E-state index in [2.05, 4.69) is 5.32 Å². The first-order valence-corrected chi connectivity index (χ1v) is 4.43. The summed E-state index contributed by atoms with van der Waals surface area (Å²) in [6.45, 7) is 0. The van der Waals surface area contributed by atoms with Crippen LogP contribution in [-0.4, -0.2) is 12.2 Å². The van der Waals surface area contributed by atoms with Crippen LogP contribution in [0.5, 0.6) is 0 Å². The molecule has 0 amide bonds. The highest BCUT2D eigenvalue weighted by Crippen LogP contribution is 2.30. The van der Waals surface area contributed by atoms with Crippen molar-refractivity contribution in [2.24, 2.45) is 0 Å². The number of hydrogen-bond acceptors (Lipinski definition) is 2. The molecule has 2 rings (SSSR count). The van der Waals surface area contributed by atoms with Crippen LogP contribution < -0.4 is 5.32 Å². The Morgan fingerprint density at radius 3 is 2.92 bits per heavy atom. The van der Waals surface area contributed by atoms with Crippen molar-refractivity contribution in [3.8, 4) is 0 Å². The summed E-state index contributed by atoms with van der Waals surface area (Å²) < 4.78 is 0. The van der Waals surface area contributed by atoms with E-state index in [-0.39, 0.29) is 0 Å². The lowest BCUT2D eigenvalue weighted by atomic mass is 9.90. The molecule has 0 heterocycles. The van der Waals surface area contributed by atoms with E-state index in [1.807, 2.05) is 36.4 Å². The van der Waals surface area contributed by atoms with Gasteiger partial charge in [-0.1, -0.05) is 36.4 Å². The molecule has 0 aromatic heterocycles.